The fourth-order valence-corrected chi connectivity index (χ4v) is 3.08. The van der Waals surface area contributed by atoms with Gasteiger partial charge in [0.25, 0.3) is 5.56 Å². The van der Waals surface area contributed by atoms with Crippen LogP contribution in [0.1, 0.15) is 18.2 Å². The molecule has 2 rings (SSSR count). The normalized spacial score (nSPS) is 25.0. The van der Waals surface area contributed by atoms with Crippen LogP contribution in [0.3, 0.4) is 0 Å². The molecule has 22 heavy (non-hydrogen) atoms. The maximum atomic E-state index is 11.4. The minimum Gasteiger partial charge on any atom is -0.369 e. The monoisotopic (exact) mass is 330 g/mol. The molecule has 0 amide bonds. The van der Waals surface area contributed by atoms with E-state index in [0.29, 0.717) is 5.56 Å². The maximum absolute atomic E-state index is 11.4. The summed E-state index contributed by atoms with van der Waals surface area (Å²) in [7, 11) is -4.34. The molecule has 1 aliphatic rings. The zero-order valence-corrected chi connectivity index (χ0v) is 12.5. The van der Waals surface area contributed by atoms with E-state index in [1.165, 1.54) is 10.8 Å². The van der Waals surface area contributed by atoms with Crippen molar-refractivity contribution in [3.05, 3.63) is 32.6 Å². The van der Waals surface area contributed by atoms with Gasteiger partial charge in [0.2, 0.25) is 5.95 Å². The van der Waals surface area contributed by atoms with Gasteiger partial charge in [0.15, 0.2) is 0 Å². The largest absolute Gasteiger partial charge is 0.369 e. The first-order chi connectivity index (χ1) is 10.2. The van der Waals surface area contributed by atoms with E-state index in [1.807, 2.05) is 0 Å². The van der Waals surface area contributed by atoms with E-state index in [-0.39, 0.29) is 12.4 Å². The summed E-state index contributed by atoms with van der Waals surface area (Å²) in [5.41, 5.74) is 14.1. The van der Waals surface area contributed by atoms with Crippen LogP contribution >= 0.6 is 7.60 Å². The Kier molecular flexibility index (Phi) is 4.55. The molecule has 3 atom stereocenters. The van der Waals surface area contributed by atoms with E-state index in [0.717, 1.165) is 0 Å². The Morgan fingerprint density at radius 3 is 2.95 bits per heavy atom. The van der Waals surface area contributed by atoms with Crippen molar-refractivity contribution in [2.75, 3.05) is 11.9 Å². The molecule has 2 heterocycles. The van der Waals surface area contributed by atoms with E-state index >= 15 is 0 Å². The molecule has 1 aromatic rings. The lowest BCUT2D eigenvalue weighted by atomic mass is 10.1. The Hall–Kier alpha value is -1.90. The first-order valence-corrected chi connectivity index (χ1v) is 8.10. The zero-order chi connectivity index (χ0) is 16.5. The van der Waals surface area contributed by atoms with Crippen LogP contribution in [0.2, 0.25) is 0 Å². The summed E-state index contributed by atoms with van der Waals surface area (Å²) in [6.07, 6.45) is -0.620. The summed E-state index contributed by atoms with van der Waals surface area (Å²) in [4.78, 5) is 35.8. The van der Waals surface area contributed by atoms with Crippen LogP contribution in [0.4, 0.5) is 5.95 Å². The molecule has 120 valence electrons. The van der Waals surface area contributed by atoms with Crippen LogP contribution in [0.25, 0.3) is 10.4 Å². The smallest absolute Gasteiger partial charge is 0.328 e. The van der Waals surface area contributed by atoms with Crippen molar-refractivity contribution < 1.29 is 19.1 Å². The van der Waals surface area contributed by atoms with Crippen molar-refractivity contribution in [1.82, 2.24) is 9.55 Å². The van der Waals surface area contributed by atoms with Gasteiger partial charge in [-0.1, -0.05) is 5.11 Å². The number of hydrogen-bond donors (Lipinski definition) is 3. The minimum atomic E-state index is -4.34. The van der Waals surface area contributed by atoms with Crippen LogP contribution in [0.5, 0.6) is 0 Å². The summed E-state index contributed by atoms with van der Waals surface area (Å²) in [5.74, 6) is -0.0860. The molecule has 0 saturated carbocycles. The van der Waals surface area contributed by atoms with Crippen molar-refractivity contribution in [1.29, 1.82) is 0 Å². The highest BCUT2D eigenvalue weighted by molar-refractivity contribution is 7.51. The molecule has 0 spiro atoms. The average molecular weight is 330 g/mol. The number of hydrogen-bond acceptors (Lipinski definition) is 6. The number of aromatic nitrogens is 2. The molecular formula is C10H15N6O5P. The number of rotatable bonds is 4. The third-order valence-electron chi connectivity index (χ3n) is 3.28. The number of nitrogen functional groups attached to an aromatic ring is 1. The highest BCUT2D eigenvalue weighted by atomic mass is 31.2. The number of nitrogens with zero attached hydrogens (tertiary/aromatic N) is 5. The van der Waals surface area contributed by atoms with Gasteiger partial charge in [-0.25, -0.2) is 0 Å². The summed E-state index contributed by atoms with van der Waals surface area (Å²) in [6, 6.07) is -0.748. The predicted octanol–water partition coefficient (Wildman–Crippen LogP) is 0.278. The topological polar surface area (TPSA) is 176 Å². The van der Waals surface area contributed by atoms with Gasteiger partial charge in [0.1, 0.15) is 6.23 Å². The van der Waals surface area contributed by atoms with E-state index in [2.05, 4.69) is 15.0 Å². The molecule has 1 saturated heterocycles. The number of azide groups is 1. The zero-order valence-electron chi connectivity index (χ0n) is 11.6. The minimum absolute atomic E-state index is 0.0860. The van der Waals surface area contributed by atoms with Crippen molar-refractivity contribution in [3.63, 3.8) is 0 Å². The Labute approximate surface area is 124 Å². The summed E-state index contributed by atoms with van der Waals surface area (Å²) in [5, 5.41) is 3.51. The SMILES string of the molecule is Cc1cn([C@H]2CC(N=[N+]=[N-])[C@@H](CP(=O)(O)O)O2)c(N)nc1=O. The van der Waals surface area contributed by atoms with Gasteiger partial charge < -0.3 is 20.3 Å². The van der Waals surface area contributed by atoms with Gasteiger partial charge >= 0.3 is 7.60 Å². The van der Waals surface area contributed by atoms with Gasteiger partial charge in [-0.2, -0.15) is 4.98 Å². The van der Waals surface area contributed by atoms with Crippen LogP contribution in [0, 0.1) is 6.92 Å². The molecule has 1 fully saturated rings. The maximum Gasteiger partial charge on any atom is 0.328 e. The molecule has 0 aliphatic carbocycles. The second-order valence-electron chi connectivity index (χ2n) is 4.98. The lowest BCUT2D eigenvalue weighted by molar-refractivity contribution is 0.00926. The van der Waals surface area contributed by atoms with Crippen molar-refractivity contribution >= 4 is 13.5 Å². The van der Waals surface area contributed by atoms with Gasteiger partial charge in [-0.05, 0) is 12.5 Å². The second-order valence-corrected chi connectivity index (χ2v) is 6.67. The molecule has 0 bridgehead atoms. The summed E-state index contributed by atoms with van der Waals surface area (Å²) < 4.78 is 18.1. The fraction of sp³-hybridized carbons (Fsp3) is 0.600. The Morgan fingerprint density at radius 2 is 2.36 bits per heavy atom. The Bertz CT molecular complexity index is 723. The first kappa shape index (κ1) is 16.5. The van der Waals surface area contributed by atoms with Crippen molar-refractivity contribution in [2.24, 2.45) is 5.11 Å². The molecule has 1 aliphatic heterocycles. The van der Waals surface area contributed by atoms with Gasteiger partial charge in [-0.3, -0.25) is 13.9 Å². The van der Waals surface area contributed by atoms with Crippen LogP contribution in [-0.2, 0) is 9.30 Å². The molecule has 0 aromatic carbocycles. The molecule has 1 aromatic heterocycles. The number of aryl methyl sites for hydroxylation is 1. The summed E-state index contributed by atoms with van der Waals surface area (Å²) in [6.45, 7) is 1.55. The molecule has 4 N–H and O–H groups in total. The van der Waals surface area contributed by atoms with E-state index < -0.39 is 37.7 Å². The quantitative estimate of drug-likeness (QED) is 0.307. The number of ether oxygens (including phenoxy) is 1. The van der Waals surface area contributed by atoms with Crippen LogP contribution < -0.4 is 11.3 Å². The molecule has 1 unspecified atom stereocenters. The lowest BCUT2D eigenvalue weighted by Crippen LogP contribution is -2.24. The third kappa shape index (κ3) is 3.65. The molecule has 12 heteroatoms. The lowest BCUT2D eigenvalue weighted by Gasteiger charge is -2.18. The highest BCUT2D eigenvalue weighted by Crippen LogP contribution is 2.42. The van der Waals surface area contributed by atoms with Gasteiger partial charge in [0.05, 0.1) is 18.3 Å². The van der Waals surface area contributed by atoms with Gasteiger partial charge in [0, 0.05) is 23.1 Å². The van der Waals surface area contributed by atoms with E-state index in [9.17, 15) is 9.36 Å². The summed E-state index contributed by atoms with van der Waals surface area (Å²) >= 11 is 0. The highest BCUT2D eigenvalue weighted by Gasteiger charge is 2.39. The van der Waals surface area contributed by atoms with Crippen molar-refractivity contribution in [3.8, 4) is 0 Å². The Morgan fingerprint density at radius 1 is 1.68 bits per heavy atom. The van der Waals surface area contributed by atoms with Gasteiger partial charge in [-0.15, -0.1) is 0 Å². The fourth-order valence-electron chi connectivity index (χ4n) is 2.28. The third-order valence-corrected chi connectivity index (χ3v) is 4.12. The molecular weight excluding hydrogens is 315 g/mol. The average Bonchev–Trinajstić information content (AvgIpc) is 2.75. The first-order valence-electron chi connectivity index (χ1n) is 6.31. The Balaban J connectivity index is 2.31. The standard InChI is InChI=1S/C10H15N6O5P/c1-5-3-16(10(11)13-9(5)17)8-2-6(14-15-12)7(21-8)4-22(18,19)20/h3,6-8H,2,4H2,1H3,(H2,11,13,17)(H2,18,19,20)/t6?,7-,8-/m1/s1. The molecule has 11 nitrogen and oxygen atoms in total. The number of anilines is 1. The van der Waals surface area contributed by atoms with E-state index in [1.54, 1.807) is 6.92 Å². The predicted molar refractivity (Wildman–Crippen MR) is 76.0 cm³/mol. The van der Waals surface area contributed by atoms with Crippen LogP contribution in [0.15, 0.2) is 16.1 Å². The van der Waals surface area contributed by atoms with Crippen LogP contribution in [-0.4, -0.2) is 37.6 Å². The van der Waals surface area contributed by atoms with E-state index in [4.69, 9.17) is 25.8 Å². The number of nitrogens with two attached hydrogens (primary N) is 1. The molecule has 0 radical (unpaired) electrons. The second kappa shape index (κ2) is 6.07. The van der Waals surface area contributed by atoms with Crippen molar-refractivity contribution in [2.45, 2.75) is 31.7 Å².